The molecular formula is C4H7Ru. The summed E-state index contributed by atoms with van der Waals surface area (Å²) in [6.07, 6.45) is 1.50. The summed E-state index contributed by atoms with van der Waals surface area (Å²) in [5, 5.41) is 3.18. The predicted molar refractivity (Wildman–Crippen MR) is 22.7 cm³/mol. The van der Waals surface area contributed by atoms with Gasteiger partial charge in [0.05, 0.1) is 0 Å². The van der Waals surface area contributed by atoms with Gasteiger partial charge in [-0.3, -0.25) is 0 Å². The van der Waals surface area contributed by atoms with Crippen molar-refractivity contribution in [3.05, 3.63) is 19.6 Å². The normalized spacial score (nSPS) is 3.20. The number of hydrogen-bond donors (Lipinski definition) is 0. The van der Waals surface area contributed by atoms with Gasteiger partial charge in [-0.25, -0.2) is 19.6 Å². The molecule has 0 atom stereocenters. The quantitative estimate of drug-likeness (QED) is 0.362. The zero-order chi connectivity index (χ0) is 4.71. The monoisotopic (exact) mass is 157 g/mol. The first kappa shape index (κ1) is 8.92. The molecule has 0 aliphatic carbocycles. The van der Waals surface area contributed by atoms with E-state index in [1.54, 1.807) is 0 Å². The summed E-state index contributed by atoms with van der Waals surface area (Å²) in [6, 6.07) is 0. The molecule has 0 aromatic heterocycles. The van der Waals surface area contributed by atoms with E-state index >= 15 is 0 Å². The van der Waals surface area contributed by atoms with Gasteiger partial charge in [-0.2, -0.15) is 0 Å². The van der Waals surface area contributed by atoms with Gasteiger partial charge in [0.25, 0.3) is 0 Å². The van der Waals surface area contributed by atoms with Crippen molar-refractivity contribution in [3.63, 3.8) is 0 Å². The molecule has 0 aliphatic heterocycles. The fourth-order valence-corrected chi connectivity index (χ4v) is 0. The van der Waals surface area contributed by atoms with E-state index in [0.717, 1.165) is 0 Å². The molecule has 1 heteroatoms. The van der Waals surface area contributed by atoms with Crippen LogP contribution in [-0.4, -0.2) is 5.11 Å². The second-order valence-electron chi connectivity index (χ2n) is 0.289. The van der Waals surface area contributed by atoms with E-state index in [4.69, 9.17) is 0 Å². The predicted octanol–water partition coefficient (Wildman–Crippen LogP) is 0.972. The molecule has 0 radical (unpaired) electrons. The van der Waals surface area contributed by atoms with E-state index in [-0.39, 0.29) is 0 Å². The Balaban J connectivity index is 0. The summed E-state index contributed by atoms with van der Waals surface area (Å²) in [5.74, 6) is 0. The summed E-state index contributed by atoms with van der Waals surface area (Å²) >= 11 is 2.10. The SMILES string of the molecule is C=C[CH2-].[CH2]=[Ru+]. The van der Waals surface area contributed by atoms with Gasteiger partial charge in [-0.05, 0) is 0 Å². The Morgan fingerprint density at radius 3 is 1.60 bits per heavy atom. The van der Waals surface area contributed by atoms with E-state index in [0.29, 0.717) is 0 Å². The molecular weight excluding hydrogens is 149 g/mol. The first-order chi connectivity index (χ1) is 2.41. The molecule has 0 aromatic rings. The molecule has 0 amide bonds. The van der Waals surface area contributed by atoms with Crippen molar-refractivity contribution in [2.75, 3.05) is 0 Å². The zero-order valence-corrected chi connectivity index (χ0v) is 4.79. The summed E-state index contributed by atoms with van der Waals surface area (Å²) in [7, 11) is 0. The molecule has 0 fully saturated rings. The molecule has 0 rings (SSSR count). The van der Waals surface area contributed by atoms with Crippen molar-refractivity contribution >= 4 is 5.11 Å². The zero-order valence-electron chi connectivity index (χ0n) is 3.05. The average Bonchev–Trinajstić information content (AvgIpc) is 1.46. The Kier molecular flexibility index (Phi) is 57.9. The third-order valence-electron chi connectivity index (χ3n) is 0. The molecule has 0 nitrogen and oxygen atoms in total. The van der Waals surface area contributed by atoms with Crippen LogP contribution in [0, 0.1) is 6.92 Å². The van der Waals surface area contributed by atoms with Crippen LogP contribution >= 0.6 is 0 Å². The standard InChI is InChI=1S/C3H5.CH2.Ru/c1-3-2;;/h3H,1-2H2;1H2;/q-1;;+1. The van der Waals surface area contributed by atoms with Gasteiger partial charge in [0.15, 0.2) is 0 Å². The van der Waals surface area contributed by atoms with Crippen LogP contribution in [0.5, 0.6) is 0 Å². The van der Waals surface area contributed by atoms with Gasteiger partial charge in [0, 0.05) is 0 Å². The van der Waals surface area contributed by atoms with Gasteiger partial charge in [-0.15, -0.1) is 0 Å². The number of rotatable bonds is 0. The Morgan fingerprint density at radius 2 is 1.60 bits per heavy atom. The molecule has 31 valence electrons. The molecule has 0 aliphatic rings. The van der Waals surface area contributed by atoms with E-state index in [2.05, 4.69) is 36.5 Å². The molecule has 5 heavy (non-hydrogen) atoms. The molecule has 0 bridgehead atoms. The van der Waals surface area contributed by atoms with Gasteiger partial charge < -0.3 is 0 Å². The van der Waals surface area contributed by atoms with Crippen LogP contribution in [0.3, 0.4) is 0 Å². The molecule has 0 spiro atoms. The van der Waals surface area contributed by atoms with Gasteiger partial charge in [0.2, 0.25) is 0 Å². The van der Waals surface area contributed by atoms with Crippen LogP contribution in [-0.2, 0) is 17.9 Å². The Hall–Kier alpha value is 0.103. The molecule has 0 heterocycles. The Bertz CT molecular complexity index is 17.6. The average molecular weight is 156 g/mol. The maximum absolute atomic E-state index is 3.25. The van der Waals surface area contributed by atoms with Crippen molar-refractivity contribution in [1.29, 1.82) is 0 Å². The molecule has 0 saturated carbocycles. The van der Waals surface area contributed by atoms with E-state index in [1.165, 1.54) is 6.08 Å². The van der Waals surface area contributed by atoms with Gasteiger partial charge in [0.1, 0.15) is 0 Å². The van der Waals surface area contributed by atoms with Crippen LogP contribution < -0.4 is 0 Å². The third-order valence-corrected chi connectivity index (χ3v) is 0. The van der Waals surface area contributed by atoms with Crippen LogP contribution in [0.2, 0.25) is 0 Å². The summed E-state index contributed by atoms with van der Waals surface area (Å²) in [5.41, 5.74) is 0. The fraction of sp³-hybridized carbons (Fsp3) is 0. The fourth-order valence-electron chi connectivity index (χ4n) is 0. The minimum absolute atomic E-state index is 1.50. The second-order valence-corrected chi connectivity index (χ2v) is 0.289. The molecule has 0 saturated heterocycles. The van der Waals surface area contributed by atoms with Crippen molar-refractivity contribution in [3.8, 4) is 0 Å². The van der Waals surface area contributed by atoms with Crippen LogP contribution in [0.1, 0.15) is 0 Å². The van der Waals surface area contributed by atoms with Crippen molar-refractivity contribution in [2.45, 2.75) is 0 Å². The van der Waals surface area contributed by atoms with Crippen LogP contribution in [0.15, 0.2) is 12.7 Å². The topological polar surface area (TPSA) is 0 Å². The molecule has 0 unspecified atom stereocenters. The maximum atomic E-state index is 3.25. The van der Waals surface area contributed by atoms with Crippen LogP contribution in [0.4, 0.5) is 0 Å². The van der Waals surface area contributed by atoms with E-state index < -0.39 is 0 Å². The van der Waals surface area contributed by atoms with Gasteiger partial charge >= 0.3 is 23.0 Å². The summed E-state index contributed by atoms with van der Waals surface area (Å²) in [6.45, 7) is 6.50. The van der Waals surface area contributed by atoms with E-state index in [9.17, 15) is 0 Å². The van der Waals surface area contributed by atoms with Crippen LogP contribution in [0.25, 0.3) is 0 Å². The summed E-state index contributed by atoms with van der Waals surface area (Å²) < 4.78 is 0. The number of hydrogen-bond acceptors (Lipinski definition) is 0. The summed E-state index contributed by atoms with van der Waals surface area (Å²) in [4.78, 5) is 0. The van der Waals surface area contributed by atoms with E-state index in [1.807, 2.05) is 0 Å². The second kappa shape index (κ2) is 32.5. The molecule has 0 N–H and O–H groups in total. The Labute approximate surface area is 43.1 Å². The minimum atomic E-state index is 1.50. The first-order valence-corrected chi connectivity index (χ1v) is 2.30. The third kappa shape index (κ3) is 1700. The Morgan fingerprint density at radius 1 is 1.60 bits per heavy atom. The van der Waals surface area contributed by atoms with Crippen molar-refractivity contribution in [2.24, 2.45) is 0 Å². The van der Waals surface area contributed by atoms with Crippen molar-refractivity contribution in [1.82, 2.24) is 0 Å². The number of allylic oxidation sites excluding steroid dienone is 1. The molecule has 0 aromatic carbocycles. The van der Waals surface area contributed by atoms with Crippen molar-refractivity contribution < 1.29 is 17.9 Å². The first-order valence-electron chi connectivity index (χ1n) is 1.07. The van der Waals surface area contributed by atoms with Gasteiger partial charge in [-0.1, -0.05) is 0 Å².